The van der Waals surface area contributed by atoms with Crippen molar-refractivity contribution in [1.82, 2.24) is 10.2 Å². The van der Waals surface area contributed by atoms with Gasteiger partial charge in [-0.1, -0.05) is 58.4 Å². The summed E-state index contributed by atoms with van der Waals surface area (Å²) in [6, 6.07) is 18.7. The van der Waals surface area contributed by atoms with Gasteiger partial charge in [-0.2, -0.15) is 0 Å². The lowest BCUT2D eigenvalue weighted by Crippen LogP contribution is -2.51. The van der Waals surface area contributed by atoms with Crippen molar-refractivity contribution in [1.29, 1.82) is 0 Å². The van der Waals surface area contributed by atoms with Crippen molar-refractivity contribution < 1.29 is 14.4 Å². The molecule has 1 fully saturated rings. The van der Waals surface area contributed by atoms with E-state index in [1.807, 2.05) is 60.7 Å². The van der Waals surface area contributed by atoms with Gasteiger partial charge in [0, 0.05) is 10.2 Å². The maximum atomic E-state index is 12.9. The van der Waals surface area contributed by atoms with E-state index in [1.54, 1.807) is 0 Å². The van der Waals surface area contributed by atoms with Crippen molar-refractivity contribution in [3.05, 3.63) is 76.3 Å². The van der Waals surface area contributed by atoms with Crippen molar-refractivity contribution in [2.75, 3.05) is 11.9 Å². The van der Waals surface area contributed by atoms with Gasteiger partial charge in [-0.15, -0.1) is 0 Å². The Bertz CT molecular complexity index is 1240. The van der Waals surface area contributed by atoms with Crippen LogP contribution in [0, 0.1) is 0 Å². The number of benzene rings is 3. The lowest BCUT2D eigenvalue weighted by Gasteiger charge is -2.39. The Morgan fingerprint density at radius 3 is 2.81 bits per heavy atom. The number of carbonyl (C=O) groups excluding carboxylic acids is 3. The third-order valence-electron chi connectivity index (χ3n) is 6.16. The second kappa shape index (κ2) is 7.50. The number of rotatable bonds is 3. The number of imide groups is 1. The third kappa shape index (κ3) is 3.20. The van der Waals surface area contributed by atoms with Crippen LogP contribution in [-0.4, -0.2) is 29.3 Å². The predicted molar refractivity (Wildman–Crippen MR) is 122 cm³/mol. The molecule has 0 aromatic heterocycles. The van der Waals surface area contributed by atoms with Gasteiger partial charge in [0.25, 0.3) is 5.91 Å². The first-order chi connectivity index (χ1) is 15.0. The van der Waals surface area contributed by atoms with Gasteiger partial charge < -0.3 is 5.32 Å². The maximum absolute atomic E-state index is 12.9. The Kier molecular flexibility index (Phi) is 4.78. The van der Waals surface area contributed by atoms with Gasteiger partial charge in [0.15, 0.2) is 0 Å². The number of hydrogen-bond acceptors (Lipinski definition) is 3. The first kappa shape index (κ1) is 19.8. The molecule has 1 aliphatic heterocycles. The second-order valence-corrected chi connectivity index (χ2v) is 8.79. The topological polar surface area (TPSA) is 78.5 Å². The molecule has 2 N–H and O–H groups in total. The zero-order valence-corrected chi connectivity index (χ0v) is 18.2. The fraction of sp³-hybridized carbons (Fsp3) is 0.208. The molecule has 4 amide bonds. The molecule has 1 unspecified atom stereocenters. The molecule has 31 heavy (non-hydrogen) atoms. The summed E-state index contributed by atoms with van der Waals surface area (Å²) in [7, 11) is 0. The van der Waals surface area contributed by atoms with E-state index in [4.69, 9.17) is 0 Å². The largest absolute Gasteiger partial charge is 0.325 e. The molecule has 6 nitrogen and oxygen atoms in total. The number of carbonyl (C=O) groups is 3. The molecule has 1 saturated heterocycles. The summed E-state index contributed by atoms with van der Waals surface area (Å²) in [6.07, 6.45) is 2.13. The number of nitrogens with zero attached hydrogens (tertiary/aromatic N) is 1. The van der Waals surface area contributed by atoms with E-state index in [2.05, 4.69) is 26.6 Å². The average molecular weight is 478 g/mol. The average Bonchev–Trinajstić information content (AvgIpc) is 2.98. The van der Waals surface area contributed by atoms with E-state index in [0.29, 0.717) is 12.1 Å². The minimum atomic E-state index is -1.13. The highest BCUT2D eigenvalue weighted by Gasteiger charge is 2.56. The molecule has 7 heteroatoms. The number of hydrogen-bond donors (Lipinski definition) is 2. The van der Waals surface area contributed by atoms with Crippen molar-refractivity contribution in [2.24, 2.45) is 0 Å². The summed E-state index contributed by atoms with van der Waals surface area (Å²) < 4.78 is 0.980. The number of amides is 4. The summed E-state index contributed by atoms with van der Waals surface area (Å²) >= 11 is 3.53. The van der Waals surface area contributed by atoms with Crippen LogP contribution < -0.4 is 10.6 Å². The predicted octanol–water partition coefficient (Wildman–Crippen LogP) is 4.32. The van der Waals surface area contributed by atoms with Crippen LogP contribution in [0.2, 0.25) is 0 Å². The van der Waals surface area contributed by atoms with Crippen LogP contribution in [0.4, 0.5) is 10.5 Å². The first-order valence-corrected chi connectivity index (χ1v) is 11.0. The molecule has 1 heterocycles. The Hall–Kier alpha value is -3.19. The van der Waals surface area contributed by atoms with Gasteiger partial charge in [-0.3, -0.25) is 19.8 Å². The zero-order chi connectivity index (χ0) is 21.6. The molecule has 3 aromatic carbocycles. The highest BCUT2D eigenvalue weighted by molar-refractivity contribution is 9.10. The smallest absolute Gasteiger partial charge is 0.325 e. The number of aryl methyl sites for hydroxylation is 1. The molecular formula is C24H20BrN3O3. The monoisotopic (exact) mass is 477 g/mol. The number of halogens is 1. The van der Waals surface area contributed by atoms with Crippen molar-refractivity contribution in [3.63, 3.8) is 0 Å². The van der Waals surface area contributed by atoms with E-state index >= 15 is 0 Å². The lowest BCUT2D eigenvalue weighted by atomic mass is 9.75. The van der Waals surface area contributed by atoms with Gasteiger partial charge in [-0.25, -0.2) is 4.79 Å². The summed E-state index contributed by atoms with van der Waals surface area (Å²) in [6.45, 7) is -0.206. The van der Waals surface area contributed by atoms with Crippen LogP contribution in [0.5, 0.6) is 0 Å². The normalized spacial score (nSPS) is 20.1. The van der Waals surface area contributed by atoms with Gasteiger partial charge in [0.05, 0.1) is 0 Å². The third-order valence-corrected chi connectivity index (χ3v) is 6.85. The van der Waals surface area contributed by atoms with Gasteiger partial charge in [-0.05, 0) is 59.4 Å². The second-order valence-electron chi connectivity index (χ2n) is 7.94. The number of anilines is 1. The zero-order valence-electron chi connectivity index (χ0n) is 16.7. The highest BCUT2D eigenvalue weighted by Crippen LogP contribution is 2.43. The Balaban J connectivity index is 1.43. The molecule has 156 valence electrons. The van der Waals surface area contributed by atoms with Crippen molar-refractivity contribution >= 4 is 50.2 Å². The number of nitrogens with one attached hydrogen (secondary N) is 2. The molecule has 3 aromatic rings. The molecule has 1 aliphatic carbocycles. The van der Waals surface area contributed by atoms with Crippen molar-refractivity contribution in [3.8, 4) is 0 Å². The number of urea groups is 1. The van der Waals surface area contributed by atoms with Crippen LogP contribution in [0.25, 0.3) is 10.8 Å². The van der Waals surface area contributed by atoms with E-state index in [-0.39, 0.29) is 18.4 Å². The summed E-state index contributed by atoms with van der Waals surface area (Å²) in [5.74, 6) is -0.699. The number of fused-ring (bicyclic) bond motifs is 3. The lowest BCUT2D eigenvalue weighted by molar-refractivity contribution is -0.129. The summed E-state index contributed by atoms with van der Waals surface area (Å²) in [4.78, 5) is 39.9. The fourth-order valence-electron chi connectivity index (χ4n) is 4.76. The molecule has 5 rings (SSSR count). The molecule has 2 aliphatic rings. The van der Waals surface area contributed by atoms with Crippen molar-refractivity contribution in [2.45, 2.75) is 24.8 Å². The van der Waals surface area contributed by atoms with Gasteiger partial charge in [0.2, 0.25) is 5.91 Å². The minimum Gasteiger partial charge on any atom is -0.325 e. The Labute approximate surface area is 187 Å². The summed E-state index contributed by atoms with van der Waals surface area (Å²) in [5.41, 5.74) is 1.37. The van der Waals surface area contributed by atoms with Crippen LogP contribution in [0.1, 0.15) is 24.0 Å². The summed E-state index contributed by atoms with van der Waals surface area (Å²) in [5, 5.41) is 7.33. The quantitative estimate of drug-likeness (QED) is 0.551. The van der Waals surface area contributed by atoms with E-state index < -0.39 is 11.6 Å². The SMILES string of the molecule is O=C(CN1C(=O)NC(=O)C12CCCc1ccccc12)Nc1ccc2c(Br)cccc2c1. The molecule has 0 bridgehead atoms. The molecule has 0 radical (unpaired) electrons. The molecule has 1 atom stereocenters. The van der Waals surface area contributed by atoms with Gasteiger partial charge in [0.1, 0.15) is 12.1 Å². The van der Waals surface area contributed by atoms with Gasteiger partial charge >= 0.3 is 6.03 Å². The van der Waals surface area contributed by atoms with E-state index in [0.717, 1.165) is 39.2 Å². The Morgan fingerprint density at radius 1 is 1.10 bits per heavy atom. The van der Waals surface area contributed by atoms with Crippen LogP contribution in [-0.2, 0) is 21.5 Å². The minimum absolute atomic E-state index is 0.206. The Morgan fingerprint density at radius 2 is 1.94 bits per heavy atom. The fourth-order valence-corrected chi connectivity index (χ4v) is 5.28. The molecule has 0 saturated carbocycles. The van der Waals surface area contributed by atoms with E-state index in [1.165, 1.54) is 4.90 Å². The highest BCUT2D eigenvalue weighted by atomic mass is 79.9. The van der Waals surface area contributed by atoms with E-state index in [9.17, 15) is 14.4 Å². The molecular weight excluding hydrogens is 458 g/mol. The standard InChI is InChI=1S/C24H20BrN3O3/c25-20-9-3-6-16-13-17(10-11-18(16)20)26-21(29)14-28-23(31)27-22(30)24(28)12-4-7-15-5-1-2-8-19(15)24/h1-3,5-6,8-11,13H,4,7,12,14H2,(H,26,29)(H,27,30,31). The maximum Gasteiger partial charge on any atom is 0.325 e. The van der Waals surface area contributed by atoms with Crippen LogP contribution in [0.15, 0.2) is 65.1 Å². The van der Waals surface area contributed by atoms with Crippen LogP contribution >= 0.6 is 15.9 Å². The first-order valence-electron chi connectivity index (χ1n) is 10.2. The van der Waals surface area contributed by atoms with Crippen LogP contribution in [0.3, 0.4) is 0 Å². The molecule has 1 spiro atoms.